The van der Waals surface area contributed by atoms with Gasteiger partial charge in [-0.15, -0.1) is 0 Å². The number of hydrogen-bond donors (Lipinski definition) is 0. The van der Waals surface area contributed by atoms with Crippen molar-refractivity contribution in [1.29, 1.82) is 0 Å². The van der Waals surface area contributed by atoms with Crippen LogP contribution in [0.3, 0.4) is 0 Å². The predicted octanol–water partition coefficient (Wildman–Crippen LogP) is 4.43. The number of halogens is 1. The number of aromatic nitrogens is 1. The van der Waals surface area contributed by atoms with Gasteiger partial charge in [0.15, 0.2) is 15.0 Å². The first kappa shape index (κ1) is 26.0. The molecule has 4 rings (SSSR count). The molecule has 1 fully saturated rings. The van der Waals surface area contributed by atoms with Crippen LogP contribution in [0, 0.1) is 0 Å². The van der Waals surface area contributed by atoms with E-state index in [0.29, 0.717) is 22.2 Å². The summed E-state index contributed by atoms with van der Waals surface area (Å²) in [7, 11) is -3.35. The molecule has 1 saturated heterocycles. The Morgan fingerprint density at radius 2 is 1.89 bits per heavy atom. The second-order valence-electron chi connectivity index (χ2n) is 8.85. The van der Waals surface area contributed by atoms with Crippen molar-refractivity contribution in [3.05, 3.63) is 53.1 Å². The largest absolute Gasteiger partial charge is 0.379 e. The minimum atomic E-state index is -3.35. The van der Waals surface area contributed by atoms with E-state index < -0.39 is 15.1 Å². The number of carbonyl (C=O) groups is 1. The second-order valence-corrected chi connectivity index (χ2v) is 12.8. The molecule has 10 heteroatoms. The van der Waals surface area contributed by atoms with Gasteiger partial charge in [0.1, 0.15) is 5.52 Å². The number of benzene rings is 2. The maximum absolute atomic E-state index is 13.5. The van der Waals surface area contributed by atoms with E-state index in [1.165, 1.54) is 11.3 Å². The summed E-state index contributed by atoms with van der Waals surface area (Å²) in [6.45, 7) is 8.00. The zero-order chi connectivity index (χ0) is 25.0. The van der Waals surface area contributed by atoms with E-state index in [4.69, 9.17) is 16.3 Å². The molecule has 0 radical (unpaired) electrons. The number of fused-ring (bicyclic) bond motifs is 1. The van der Waals surface area contributed by atoms with Crippen molar-refractivity contribution < 1.29 is 17.9 Å². The monoisotopic (exact) mass is 535 g/mol. The molecule has 0 N–H and O–H groups in total. The highest BCUT2D eigenvalue weighted by Gasteiger charge is 2.23. The SMILES string of the molecule is CC(C)S(=O)(=O)c1ccc(CC(=O)N(CCCN2CCOCC2)c2nc3c(Cl)cccc3s2)cc1. The number of amides is 1. The molecule has 0 unspecified atom stereocenters. The summed E-state index contributed by atoms with van der Waals surface area (Å²) < 4.78 is 31.2. The van der Waals surface area contributed by atoms with E-state index in [1.54, 1.807) is 49.1 Å². The zero-order valence-corrected chi connectivity index (χ0v) is 22.3. The minimum absolute atomic E-state index is 0.0818. The molecule has 3 aromatic rings. The smallest absolute Gasteiger partial charge is 0.233 e. The third-order valence-corrected chi connectivity index (χ3v) is 9.60. The van der Waals surface area contributed by atoms with Crippen LogP contribution in [-0.2, 0) is 25.8 Å². The van der Waals surface area contributed by atoms with Crippen molar-refractivity contribution in [2.24, 2.45) is 0 Å². The lowest BCUT2D eigenvalue weighted by molar-refractivity contribution is -0.118. The summed E-state index contributed by atoms with van der Waals surface area (Å²) in [5.74, 6) is -0.0818. The first-order valence-corrected chi connectivity index (χ1v) is 14.5. The number of thiazole rings is 1. The molecule has 2 aromatic carbocycles. The van der Waals surface area contributed by atoms with E-state index in [9.17, 15) is 13.2 Å². The summed E-state index contributed by atoms with van der Waals surface area (Å²) in [5.41, 5.74) is 1.46. The second kappa shape index (κ2) is 11.3. The van der Waals surface area contributed by atoms with Crippen molar-refractivity contribution in [1.82, 2.24) is 9.88 Å². The number of hydrogen-bond acceptors (Lipinski definition) is 7. The van der Waals surface area contributed by atoms with Crippen molar-refractivity contribution in [2.75, 3.05) is 44.3 Å². The van der Waals surface area contributed by atoms with Crippen molar-refractivity contribution in [3.63, 3.8) is 0 Å². The van der Waals surface area contributed by atoms with Crippen LogP contribution in [0.15, 0.2) is 47.4 Å². The fourth-order valence-electron chi connectivity index (χ4n) is 3.96. The quantitative estimate of drug-likeness (QED) is 0.403. The average Bonchev–Trinajstić information content (AvgIpc) is 3.28. The van der Waals surface area contributed by atoms with E-state index in [-0.39, 0.29) is 17.2 Å². The van der Waals surface area contributed by atoms with Crippen LogP contribution in [0.2, 0.25) is 5.02 Å². The third kappa shape index (κ3) is 6.21. The van der Waals surface area contributed by atoms with Gasteiger partial charge < -0.3 is 4.74 Å². The molecule has 1 aliphatic heterocycles. The average molecular weight is 536 g/mol. The molecule has 0 saturated carbocycles. The number of anilines is 1. The Hall–Kier alpha value is -2.04. The molecule has 0 bridgehead atoms. The predicted molar refractivity (Wildman–Crippen MR) is 141 cm³/mol. The van der Waals surface area contributed by atoms with Gasteiger partial charge in [-0.25, -0.2) is 13.4 Å². The van der Waals surface area contributed by atoms with Crippen LogP contribution < -0.4 is 4.90 Å². The third-order valence-electron chi connectivity index (χ3n) is 6.08. The highest BCUT2D eigenvalue weighted by Crippen LogP contribution is 2.33. The van der Waals surface area contributed by atoms with E-state index >= 15 is 0 Å². The number of rotatable bonds is 9. The molecule has 1 amide bonds. The topological polar surface area (TPSA) is 79.8 Å². The maximum atomic E-state index is 13.5. The van der Waals surface area contributed by atoms with Gasteiger partial charge >= 0.3 is 0 Å². The van der Waals surface area contributed by atoms with Gasteiger partial charge in [-0.05, 0) is 50.1 Å². The van der Waals surface area contributed by atoms with Gasteiger partial charge in [0.2, 0.25) is 5.91 Å². The highest BCUT2D eigenvalue weighted by atomic mass is 35.5. The van der Waals surface area contributed by atoms with Crippen LogP contribution >= 0.6 is 22.9 Å². The molecule has 1 aromatic heterocycles. The number of morpholine rings is 1. The van der Waals surface area contributed by atoms with Gasteiger partial charge in [-0.2, -0.15) is 0 Å². The maximum Gasteiger partial charge on any atom is 0.233 e. The molecule has 7 nitrogen and oxygen atoms in total. The zero-order valence-electron chi connectivity index (χ0n) is 19.9. The Balaban J connectivity index is 1.52. The number of ether oxygens (including phenoxy) is 1. The molecule has 0 aliphatic carbocycles. The summed E-state index contributed by atoms with van der Waals surface area (Å²) in [5, 5.41) is 0.689. The van der Waals surface area contributed by atoms with Crippen LogP contribution in [0.1, 0.15) is 25.8 Å². The molecule has 0 atom stereocenters. The number of sulfone groups is 1. The Kier molecular flexibility index (Phi) is 8.44. The number of carbonyl (C=O) groups excluding carboxylic acids is 1. The molecule has 35 heavy (non-hydrogen) atoms. The van der Waals surface area contributed by atoms with E-state index in [2.05, 4.69) is 9.88 Å². The fraction of sp³-hybridized carbons (Fsp3) is 0.440. The van der Waals surface area contributed by atoms with E-state index in [0.717, 1.165) is 49.5 Å². The minimum Gasteiger partial charge on any atom is -0.379 e. The molecule has 2 heterocycles. The van der Waals surface area contributed by atoms with Crippen molar-refractivity contribution in [3.8, 4) is 0 Å². The van der Waals surface area contributed by atoms with Gasteiger partial charge in [-0.3, -0.25) is 14.6 Å². The highest BCUT2D eigenvalue weighted by molar-refractivity contribution is 7.92. The van der Waals surface area contributed by atoms with Gasteiger partial charge in [-0.1, -0.05) is 41.1 Å². The van der Waals surface area contributed by atoms with Gasteiger partial charge in [0.25, 0.3) is 0 Å². The lowest BCUT2D eigenvalue weighted by Gasteiger charge is -2.27. The van der Waals surface area contributed by atoms with Gasteiger partial charge in [0, 0.05) is 26.2 Å². The van der Waals surface area contributed by atoms with Crippen LogP contribution in [0.5, 0.6) is 0 Å². The Labute approximate surface area is 215 Å². The molecule has 188 valence electrons. The Bertz CT molecular complexity index is 1270. The lowest BCUT2D eigenvalue weighted by atomic mass is 10.1. The normalized spacial score (nSPS) is 15.1. The molecular weight excluding hydrogens is 506 g/mol. The summed E-state index contributed by atoms with van der Waals surface area (Å²) in [4.78, 5) is 22.5. The number of para-hydroxylation sites is 1. The van der Waals surface area contributed by atoms with Crippen molar-refractivity contribution in [2.45, 2.75) is 36.8 Å². The summed E-state index contributed by atoms with van der Waals surface area (Å²) in [6, 6.07) is 12.2. The van der Waals surface area contributed by atoms with Crippen molar-refractivity contribution >= 4 is 54.0 Å². The Morgan fingerprint density at radius 3 is 2.54 bits per heavy atom. The van der Waals surface area contributed by atoms with E-state index in [1.807, 2.05) is 12.1 Å². The molecule has 1 aliphatic rings. The Morgan fingerprint density at radius 1 is 1.17 bits per heavy atom. The standard InChI is InChI=1S/C25H30ClN3O4S2/c1-18(2)35(31,32)20-9-7-19(8-10-20)17-23(30)29(12-4-11-28-13-15-33-16-14-28)25-27-24-21(26)5-3-6-22(24)34-25/h3,5-10,18H,4,11-17H2,1-2H3. The number of nitrogens with zero attached hydrogens (tertiary/aromatic N) is 3. The van der Waals surface area contributed by atoms with Gasteiger partial charge in [0.05, 0.1) is 39.5 Å². The first-order chi connectivity index (χ1) is 16.8. The summed E-state index contributed by atoms with van der Waals surface area (Å²) >= 11 is 7.79. The van der Waals surface area contributed by atoms with Crippen LogP contribution in [0.25, 0.3) is 10.2 Å². The summed E-state index contributed by atoms with van der Waals surface area (Å²) in [6.07, 6.45) is 0.962. The van der Waals surface area contributed by atoms with Crippen LogP contribution in [-0.4, -0.2) is 68.9 Å². The van der Waals surface area contributed by atoms with Crippen LogP contribution in [0.4, 0.5) is 5.13 Å². The first-order valence-electron chi connectivity index (χ1n) is 11.7. The fourth-order valence-corrected chi connectivity index (χ4v) is 6.33. The lowest BCUT2D eigenvalue weighted by Crippen LogP contribution is -2.39. The molecular formula is C25H30ClN3O4S2. The molecule has 0 spiro atoms.